The number of methoxy groups -OCH3 is 1. The van der Waals surface area contributed by atoms with Crippen molar-refractivity contribution < 1.29 is 14.3 Å². The summed E-state index contributed by atoms with van der Waals surface area (Å²) in [7, 11) is 3.28. The van der Waals surface area contributed by atoms with E-state index in [1.54, 1.807) is 34.8 Å². The summed E-state index contributed by atoms with van der Waals surface area (Å²) in [6.07, 6.45) is 1.63. The molecule has 1 aliphatic heterocycles. The van der Waals surface area contributed by atoms with Gasteiger partial charge in [-0.15, -0.1) is 5.10 Å². The highest BCUT2D eigenvalue weighted by molar-refractivity contribution is 5.91. The van der Waals surface area contributed by atoms with E-state index in [0.717, 1.165) is 0 Å². The first kappa shape index (κ1) is 14.4. The number of rotatable bonds is 5. The molecule has 8 heteroatoms. The van der Waals surface area contributed by atoms with E-state index >= 15 is 0 Å². The van der Waals surface area contributed by atoms with E-state index in [1.165, 1.54) is 6.92 Å². The van der Waals surface area contributed by atoms with Crippen LogP contribution in [0.5, 0.6) is 0 Å². The molecule has 0 bridgehead atoms. The Balaban J connectivity index is 1.92. The number of ether oxygens (including phenoxy) is 1. The van der Waals surface area contributed by atoms with Gasteiger partial charge in [0.1, 0.15) is 0 Å². The van der Waals surface area contributed by atoms with Gasteiger partial charge in [0.05, 0.1) is 18.8 Å². The molecular weight excluding hydrogens is 262 g/mol. The molecule has 1 fully saturated rings. The van der Waals surface area contributed by atoms with Crippen molar-refractivity contribution in [3.05, 3.63) is 11.9 Å². The van der Waals surface area contributed by atoms with Crippen LogP contribution in [0.4, 0.5) is 0 Å². The highest BCUT2D eigenvalue weighted by Crippen LogP contribution is 2.20. The van der Waals surface area contributed by atoms with Crippen LogP contribution in [-0.2, 0) is 9.53 Å². The molecule has 0 saturated carbocycles. The lowest BCUT2D eigenvalue weighted by Crippen LogP contribution is -2.50. The Morgan fingerprint density at radius 3 is 2.80 bits per heavy atom. The van der Waals surface area contributed by atoms with Gasteiger partial charge in [-0.05, 0) is 0 Å². The first-order valence-corrected chi connectivity index (χ1v) is 6.44. The van der Waals surface area contributed by atoms with Gasteiger partial charge in [-0.1, -0.05) is 5.21 Å². The minimum Gasteiger partial charge on any atom is -0.383 e. The molecule has 0 atom stereocenters. The molecule has 0 N–H and O–H groups in total. The van der Waals surface area contributed by atoms with Crippen LogP contribution in [-0.4, -0.2) is 77.0 Å². The summed E-state index contributed by atoms with van der Waals surface area (Å²) in [6, 6.07) is 0.109. The maximum absolute atomic E-state index is 12.1. The van der Waals surface area contributed by atoms with Gasteiger partial charge in [-0.2, -0.15) is 0 Å². The van der Waals surface area contributed by atoms with E-state index in [9.17, 15) is 9.59 Å². The van der Waals surface area contributed by atoms with Crippen LogP contribution in [0, 0.1) is 0 Å². The van der Waals surface area contributed by atoms with Gasteiger partial charge in [0, 0.05) is 40.7 Å². The van der Waals surface area contributed by atoms with E-state index < -0.39 is 0 Å². The van der Waals surface area contributed by atoms with Crippen LogP contribution in [0.1, 0.15) is 23.5 Å². The molecule has 1 aromatic heterocycles. The van der Waals surface area contributed by atoms with Crippen molar-refractivity contribution in [1.29, 1.82) is 0 Å². The smallest absolute Gasteiger partial charge is 0.275 e. The predicted octanol–water partition coefficient (Wildman–Crippen LogP) is -0.600. The van der Waals surface area contributed by atoms with E-state index in [-0.39, 0.29) is 17.9 Å². The molecule has 20 heavy (non-hydrogen) atoms. The number of likely N-dealkylation sites (tertiary alicyclic amines) is 1. The molecular formula is C12H19N5O3. The molecule has 2 heterocycles. The Morgan fingerprint density at radius 1 is 1.50 bits per heavy atom. The van der Waals surface area contributed by atoms with Gasteiger partial charge in [-0.3, -0.25) is 9.59 Å². The van der Waals surface area contributed by atoms with Crippen molar-refractivity contribution in [1.82, 2.24) is 24.8 Å². The maximum atomic E-state index is 12.1. The molecule has 0 unspecified atom stereocenters. The van der Waals surface area contributed by atoms with Crippen LogP contribution in [0.25, 0.3) is 0 Å². The summed E-state index contributed by atoms with van der Waals surface area (Å²) in [6.45, 7) is 3.76. The zero-order chi connectivity index (χ0) is 14.7. The number of aromatic nitrogens is 3. The first-order chi connectivity index (χ1) is 9.52. The Labute approximate surface area is 117 Å². The van der Waals surface area contributed by atoms with E-state index in [2.05, 4.69) is 10.3 Å². The molecule has 1 saturated heterocycles. The van der Waals surface area contributed by atoms with E-state index in [0.29, 0.717) is 31.9 Å². The third-order valence-corrected chi connectivity index (χ3v) is 3.39. The number of carbonyl (C=O) groups excluding carboxylic acids is 2. The fourth-order valence-electron chi connectivity index (χ4n) is 1.96. The van der Waals surface area contributed by atoms with E-state index in [1.807, 2.05) is 0 Å². The lowest BCUT2D eigenvalue weighted by molar-refractivity contribution is -0.134. The summed E-state index contributed by atoms with van der Waals surface area (Å²) < 4.78 is 6.58. The van der Waals surface area contributed by atoms with E-state index in [4.69, 9.17) is 4.74 Å². The van der Waals surface area contributed by atoms with Crippen LogP contribution >= 0.6 is 0 Å². The second kappa shape index (κ2) is 6.00. The monoisotopic (exact) mass is 281 g/mol. The summed E-state index contributed by atoms with van der Waals surface area (Å²) in [5.74, 6) is -0.131. The molecule has 2 rings (SSSR count). The van der Waals surface area contributed by atoms with Gasteiger partial charge >= 0.3 is 0 Å². The summed E-state index contributed by atoms with van der Waals surface area (Å²) in [5.41, 5.74) is 0.310. The molecule has 110 valence electrons. The predicted molar refractivity (Wildman–Crippen MR) is 70.1 cm³/mol. The third-order valence-electron chi connectivity index (χ3n) is 3.39. The zero-order valence-corrected chi connectivity index (χ0v) is 11.9. The average Bonchev–Trinajstić information content (AvgIpc) is 2.82. The molecule has 8 nitrogen and oxygen atoms in total. The Kier molecular flexibility index (Phi) is 4.33. The normalized spacial score (nSPS) is 15.1. The quantitative estimate of drug-likeness (QED) is 0.720. The third kappa shape index (κ3) is 2.96. The molecule has 0 aromatic carbocycles. The fraction of sp³-hybridized carbons (Fsp3) is 0.667. The molecule has 1 aliphatic rings. The van der Waals surface area contributed by atoms with Crippen LogP contribution < -0.4 is 0 Å². The van der Waals surface area contributed by atoms with Crippen molar-refractivity contribution in [2.75, 3.05) is 40.4 Å². The summed E-state index contributed by atoms with van der Waals surface area (Å²) >= 11 is 0. The second-order valence-corrected chi connectivity index (χ2v) is 4.88. The topological polar surface area (TPSA) is 80.6 Å². The molecule has 0 spiro atoms. The average molecular weight is 281 g/mol. The molecule has 0 aliphatic carbocycles. The molecule has 1 aromatic rings. The Morgan fingerprint density at radius 2 is 2.20 bits per heavy atom. The Hall–Kier alpha value is -1.96. The lowest BCUT2D eigenvalue weighted by atomic mass is 10.1. The number of hydrogen-bond acceptors (Lipinski definition) is 5. The molecule has 2 amide bonds. The first-order valence-electron chi connectivity index (χ1n) is 6.44. The number of hydrogen-bond donors (Lipinski definition) is 0. The highest BCUT2D eigenvalue weighted by atomic mass is 16.5. The van der Waals surface area contributed by atoms with Crippen molar-refractivity contribution in [3.8, 4) is 0 Å². The van der Waals surface area contributed by atoms with Crippen molar-refractivity contribution >= 4 is 11.8 Å². The highest BCUT2D eigenvalue weighted by Gasteiger charge is 2.31. The number of carbonyl (C=O) groups is 2. The van der Waals surface area contributed by atoms with Crippen molar-refractivity contribution in [2.45, 2.75) is 13.0 Å². The minimum absolute atomic E-state index is 0.0527. The lowest BCUT2D eigenvalue weighted by Gasteiger charge is -2.38. The van der Waals surface area contributed by atoms with Crippen molar-refractivity contribution in [3.63, 3.8) is 0 Å². The van der Waals surface area contributed by atoms with Crippen LogP contribution in [0.3, 0.4) is 0 Å². The second-order valence-electron chi connectivity index (χ2n) is 4.88. The number of nitrogens with zero attached hydrogens (tertiary/aromatic N) is 5. The summed E-state index contributed by atoms with van der Waals surface area (Å²) in [5, 5.41) is 7.86. The van der Waals surface area contributed by atoms with Gasteiger partial charge in [0.25, 0.3) is 5.91 Å². The number of amides is 2. The molecule has 0 radical (unpaired) electrons. The largest absolute Gasteiger partial charge is 0.383 e. The van der Waals surface area contributed by atoms with Gasteiger partial charge in [0.15, 0.2) is 5.69 Å². The summed E-state index contributed by atoms with van der Waals surface area (Å²) in [4.78, 5) is 26.4. The standard InChI is InChI=1S/C12H19N5O3/c1-9(18)16-6-10(7-16)17-8-11(13-14-17)12(19)15(2)4-5-20-3/h8,10H,4-7H2,1-3H3. The van der Waals surface area contributed by atoms with Gasteiger partial charge in [0.2, 0.25) is 5.91 Å². The maximum Gasteiger partial charge on any atom is 0.275 e. The van der Waals surface area contributed by atoms with Gasteiger partial charge in [-0.25, -0.2) is 4.68 Å². The minimum atomic E-state index is -0.184. The van der Waals surface area contributed by atoms with Crippen LogP contribution in [0.2, 0.25) is 0 Å². The zero-order valence-electron chi connectivity index (χ0n) is 11.9. The SMILES string of the molecule is COCCN(C)C(=O)c1cn(C2CN(C(C)=O)C2)nn1. The van der Waals surface area contributed by atoms with Crippen LogP contribution in [0.15, 0.2) is 6.20 Å². The number of likely N-dealkylation sites (N-methyl/N-ethyl adjacent to an activating group) is 1. The fourth-order valence-corrected chi connectivity index (χ4v) is 1.96. The van der Waals surface area contributed by atoms with Gasteiger partial charge < -0.3 is 14.5 Å². The Bertz CT molecular complexity index is 495. The van der Waals surface area contributed by atoms with Crippen molar-refractivity contribution in [2.24, 2.45) is 0 Å².